The molecule has 0 radical (unpaired) electrons. The van der Waals surface area contributed by atoms with Gasteiger partial charge >= 0.3 is 5.97 Å². The van der Waals surface area contributed by atoms with E-state index in [1.165, 1.54) is 6.42 Å². The largest absolute Gasteiger partial charge is 0.479 e. The molecule has 0 aromatic heterocycles. The summed E-state index contributed by atoms with van der Waals surface area (Å²) in [6.45, 7) is 15.3. The van der Waals surface area contributed by atoms with Crippen LogP contribution >= 0.6 is 0 Å². The van der Waals surface area contributed by atoms with Crippen molar-refractivity contribution in [3.05, 3.63) is 0 Å². The lowest BCUT2D eigenvalue weighted by molar-refractivity contribution is -0.398. The summed E-state index contributed by atoms with van der Waals surface area (Å²) in [5, 5.41) is 26.9. The first-order valence-corrected chi connectivity index (χ1v) is 11.2. The molecule has 0 saturated heterocycles. The monoisotopic (exact) mass is 425 g/mol. The second kappa shape index (κ2) is 12.4. The normalized spacial score (nSPS) is 18.8. The summed E-state index contributed by atoms with van der Waals surface area (Å²) in [6, 6.07) is 2.33. The van der Waals surface area contributed by atoms with E-state index in [2.05, 4.69) is 16.3 Å². The predicted octanol–water partition coefficient (Wildman–Crippen LogP) is 6.62. The number of carboxylic acid groups (broad SMARTS) is 1. The zero-order chi connectivity index (χ0) is 23.5. The Balaban J connectivity index is 0.000000564. The number of carbonyl (C=O) groups is 1. The minimum atomic E-state index is -1.21. The van der Waals surface area contributed by atoms with Gasteiger partial charge in [-0.3, -0.25) is 0 Å². The van der Waals surface area contributed by atoms with Crippen LogP contribution < -0.4 is 0 Å². The quantitative estimate of drug-likeness (QED) is 0.267. The minimum Gasteiger partial charge on any atom is -0.479 e. The number of rotatable bonds is 8. The molecule has 0 aliphatic heterocycles. The first kappa shape index (κ1) is 28.5. The fourth-order valence-corrected chi connectivity index (χ4v) is 2.85. The van der Waals surface area contributed by atoms with E-state index in [1.807, 2.05) is 48.5 Å². The Morgan fingerprint density at radius 3 is 2.00 bits per heavy atom. The molecule has 1 saturated carbocycles. The highest BCUT2D eigenvalue weighted by molar-refractivity contribution is 5.77. The molecule has 0 spiro atoms. The van der Waals surface area contributed by atoms with Crippen molar-refractivity contribution in [1.82, 2.24) is 0 Å². The van der Waals surface area contributed by atoms with Crippen LogP contribution in [0.3, 0.4) is 0 Å². The average Bonchev–Trinajstić information content (AvgIpc) is 2.67. The van der Waals surface area contributed by atoms with E-state index >= 15 is 0 Å². The van der Waals surface area contributed by atoms with E-state index in [9.17, 15) is 9.90 Å². The molecule has 1 fully saturated rings. The number of unbranched alkanes of at least 4 members (excludes halogenated alkanes) is 1. The number of hydrogen-bond acceptors (Lipinski definition) is 6. The Hall–Kier alpha value is -1.52. The Bertz CT molecular complexity index is 579. The van der Waals surface area contributed by atoms with Crippen LogP contribution in [0.2, 0.25) is 0 Å². The van der Waals surface area contributed by atoms with Gasteiger partial charge in [0.05, 0.1) is 17.2 Å². The molecule has 7 nitrogen and oxygen atoms in total. The maximum absolute atomic E-state index is 11.3. The van der Waals surface area contributed by atoms with E-state index in [0.717, 1.165) is 38.5 Å². The molecule has 0 aromatic rings. The molecule has 0 amide bonds. The van der Waals surface area contributed by atoms with E-state index in [4.69, 9.17) is 15.0 Å². The Morgan fingerprint density at radius 1 is 1.07 bits per heavy atom. The van der Waals surface area contributed by atoms with Crippen LogP contribution in [0.4, 0.5) is 0 Å². The Morgan fingerprint density at radius 2 is 1.63 bits per heavy atom. The summed E-state index contributed by atoms with van der Waals surface area (Å²) in [5.41, 5.74) is -2.38. The summed E-state index contributed by atoms with van der Waals surface area (Å²) in [6.07, 6.45) is 7.83. The third kappa shape index (κ3) is 11.0. The lowest BCUT2D eigenvalue weighted by atomic mass is 9.84. The molecule has 1 aliphatic rings. The zero-order valence-corrected chi connectivity index (χ0v) is 20.4. The SMILES string of the molecule is CC(C)(C)N=NC1(C#N)CCCCC1.CCCCC(CC)(OOC(C)(C)C)C(=O)O. The molecule has 0 heterocycles. The van der Waals surface area contributed by atoms with Crippen molar-refractivity contribution in [3.8, 4) is 6.07 Å². The van der Waals surface area contributed by atoms with Crippen molar-refractivity contribution in [3.63, 3.8) is 0 Å². The first-order chi connectivity index (χ1) is 13.7. The van der Waals surface area contributed by atoms with E-state index < -0.39 is 22.7 Å². The number of azo groups is 1. The molecule has 174 valence electrons. The second-order valence-electron chi connectivity index (χ2n) is 10.1. The van der Waals surface area contributed by atoms with Crippen LogP contribution in [0, 0.1) is 11.3 Å². The fourth-order valence-electron chi connectivity index (χ4n) is 2.85. The number of carboxylic acids is 1. The van der Waals surface area contributed by atoms with Crippen molar-refractivity contribution in [2.45, 2.75) is 135 Å². The summed E-state index contributed by atoms with van der Waals surface area (Å²) < 4.78 is 0. The van der Waals surface area contributed by atoms with Crippen LogP contribution in [-0.2, 0) is 14.6 Å². The number of aliphatic carboxylic acids is 1. The van der Waals surface area contributed by atoms with Crippen LogP contribution in [0.25, 0.3) is 0 Å². The molecule has 1 N–H and O–H groups in total. The fraction of sp³-hybridized carbons (Fsp3) is 0.913. The number of nitriles is 1. The smallest absolute Gasteiger partial charge is 0.339 e. The molecule has 30 heavy (non-hydrogen) atoms. The van der Waals surface area contributed by atoms with E-state index in [0.29, 0.717) is 12.8 Å². The second-order valence-corrected chi connectivity index (χ2v) is 10.1. The summed E-state index contributed by atoms with van der Waals surface area (Å²) in [5.74, 6) is -0.951. The van der Waals surface area contributed by atoms with Crippen molar-refractivity contribution >= 4 is 5.97 Å². The topological polar surface area (TPSA) is 104 Å². The molecule has 7 heteroatoms. The van der Waals surface area contributed by atoms with Crippen LogP contribution in [0.15, 0.2) is 10.2 Å². The van der Waals surface area contributed by atoms with Crippen molar-refractivity contribution < 1.29 is 19.7 Å². The van der Waals surface area contributed by atoms with Gasteiger partial charge in [0, 0.05) is 0 Å². The van der Waals surface area contributed by atoms with Gasteiger partial charge in [0.15, 0.2) is 11.1 Å². The third-order valence-electron chi connectivity index (χ3n) is 4.78. The third-order valence-corrected chi connectivity index (χ3v) is 4.78. The molecule has 0 aromatic carbocycles. The van der Waals surface area contributed by atoms with Gasteiger partial charge in [0.2, 0.25) is 0 Å². The average molecular weight is 426 g/mol. The number of hydrogen-bond donors (Lipinski definition) is 1. The molecule has 1 atom stereocenters. The van der Waals surface area contributed by atoms with Crippen molar-refractivity contribution in [2.75, 3.05) is 0 Å². The van der Waals surface area contributed by atoms with Crippen molar-refractivity contribution in [1.29, 1.82) is 5.26 Å². The molecule has 0 bridgehead atoms. The highest BCUT2D eigenvalue weighted by Crippen LogP contribution is 2.32. The van der Waals surface area contributed by atoms with Crippen LogP contribution in [0.1, 0.15) is 113 Å². The van der Waals surface area contributed by atoms with E-state index in [1.54, 1.807) is 6.92 Å². The zero-order valence-electron chi connectivity index (χ0n) is 20.4. The molecule has 1 aliphatic carbocycles. The lowest BCUT2D eigenvalue weighted by Gasteiger charge is -2.30. The minimum absolute atomic E-state index is 0.165. The molecule has 1 unspecified atom stereocenters. The van der Waals surface area contributed by atoms with Gasteiger partial charge < -0.3 is 5.11 Å². The lowest BCUT2D eigenvalue weighted by Crippen LogP contribution is -2.43. The van der Waals surface area contributed by atoms with Gasteiger partial charge in [0.25, 0.3) is 0 Å². The van der Waals surface area contributed by atoms with Gasteiger partial charge in [-0.05, 0) is 80.1 Å². The van der Waals surface area contributed by atoms with Crippen molar-refractivity contribution in [2.24, 2.45) is 10.2 Å². The highest BCUT2D eigenvalue weighted by atomic mass is 17.2. The van der Waals surface area contributed by atoms with E-state index in [-0.39, 0.29) is 5.54 Å². The standard InChI is InChI=1S/C12H24O4.C11H19N3/c1-6-8-9-12(7-2,10(13)14)16-15-11(3,4)5;1-10(2,3)13-14-11(9-12)7-5-4-6-8-11/h6-9H2,1-5H3,(H,13,14);4-8H2,1-3H3. The molecule has 1 rings (SSSR count). The van der Waals surface area contributed by atoms with Gasteiger partial charge in [-0.2, -0.15) is 15.5 Å². The summed E-state index contributed by atoms with van der Waals surface area (Å²) in [7, 11) is 0. The summed E-state index contributed by atoms with van der Waals surface area (Å²) in [4.78, 5) is 21.6. The van der Waals surface area contributed by atoms with Gasteiger partial charge in [-0.1, -0.05) is 33.1 Å². The number of nitrogens with zero attached hydrogens (tertiary/aromatic N) is 3. The van der Waals surface area contributed by atoms with Gasteiger partial charge in [-0.15, -0.1) is 0 Å². The predicted molar refractivity (Wildman–Crippen MR) is 118 cm³/mol. The van der Waals surface area contributed by atoms with Crippen LogP contribution in [-0.4, -0.2) is 33.4 Å². The molecular weight excluding hydrogens is 382 g/mol. The summed E-state index contributed by atoms with van der Waals surface area (Å²) >= 11 is 0. The first-order valence-electron chi connectivity index (χ1n) is 11.2. The maximum Gasteiger partial charge on any atom is 0.339 e. The Labute approximate surface area is 183 Å². The van der Waals surface area contributed by atoms with Gasteiger partial charge in [0.1, 0.15) is 0 Å². The highest BCUT2D eigenvalue weighted by Gasteiger charge is 2.40. The van der Waals surface area contributed by atoms with Crippen LogP contribution in [0.5, 0.6) is 0 Å². The Kier molecular flexibility index (Phi) is 11.7. The van der Waals surface area contributed by atoms with Gasteiger partial charge in [-0.25, -0.2) is 14.6 Å². The molecular formula is C23H43N3O4. The maximum atomic E-state index is 11.3.